The third-order valence-corrected chi connectivity index (χ3v) is 8.72. The molecule has 5 rings (SSSR count). The van der Waals surface area contributed by atoms with Crippen LogP contribution in [0.1, 0.15) is 64.6 Å². The summed E-state index contributed by atoms with van der Waals surface area (Å²) in [5.74, 6) is 0.726. The van der Waals surface area contributed by atoms with E-state index in [0.29, 0.717) is 19.6 Å². The standard InChI is InChI=1S/C39H44N2O4/c1-7-13-36(41(6)39(43)45-25-35-33-18-10-8-16-31(33)32-17-9-11-19-34(32)35)38(42)40(5)23-30-21-27(3)37(28(4)22-30)44-24-29-15-12-14-26(2)20-29/h8-12,14-22,35-36H,7,13,23-25H2,1-6H3/t36-/m0/s1. The maximum absolute atomic E-state index is 13.7. The lowest BCUT2D eigenvalue weighted by atomic mass is 9.98. The van der Waals surface area contributed by atoms with Crippen molar-refractivity contribution in [1.29, 1.82) is 0 Å². The van der Waals surface area contributed by atoms with E-state index in [1.54, 1.807) is 19.0 Å². The van der Waals surface area contributed by atoms with Crippen LogP contribution in [0.2, 0.25) is 0 Å². The third-order valence-electron chi connectivity index (χ3n) is 8.72. The Bertz CT molecular complexity index is 1610. The summed E-state index contributed by atoms with van der Waals surface area (Å²) in [4.78, 5) is 30.3. The predicted molar refractivity (Wildman–Crippen MR) is 179 cm³/mol. The maximum atomic E-state index is 13.7. The second-order valence-corrected chi connectivity index (χ2v) is 12.3. The lowest BCUT2D eigenvalue weighted by molar-refractivity contribution is -0.135. The molecule has 0 aromatic heterocycles. The van der Waals surface area contributed by atoms with Crippen molar-refractivity contribution in [2.24, 2.45) is 0 Å². The molecule has 1 aliphatic carbocycles. The summed E-state index contributed by atoms with van der Waals surface area (Å²) in [7, 11) is 3.46. The summed E-state index contributed by atoms with van der Waals surface area (Å²) in [6.45, 7) is 9.32. The molecule has 1 atom stereocenters. The van der Waals surface area contributed by atoms with E-state index in [-0.39, 0.29) is 18.4 Å². The normalized spacial score (nSPS) is 12.7. The number of fused-ring (bicyclic) bond motifs is 3. The SMILES string of the molecule is CCC[C@@H](C(=O)N(C)Cc1cc(C)c(OCc2cccc(C)c2)c(C)c1)N(C)C(=O)OCC1c2ccccc2-c2ccccc21. The summed E-state index contributed by atoms with van der Waals surface area (Å²) >= 11 is 0. The first-order valence-corrected chi connectivity index (χ1v) is 15.8. The highest BCUT2D eigenvalue weighted by Crippen LogP contribution is 2.44. The van der Waals surface area contributed by atoms with Gasteiger partial charge in [0.1, 0.15) is 25.0 Å². The Hall–Kier alpha value is -4.58. The number of rotatable bonds is 11. The van der Waals surface area contributed by atoms with Gasteiger partial charge in [-0.2, -0.15) is 0 Å². The average Bonchev–Trinajstić information content (AvgIpc) is 3.35. The maximum Gasteiger partial charge on any atom is 0.410 e. The van der Waals surface area contributed by atoms with Gasteiger partial charge in [0.05, 0.1) is 0 Å². The van der Waals surface area contributed by atoms with Gasteiger partial charge in [0, 0.05) is 26.6 Å². The van der Waals surface area contributed by atoms with E-state index < -0.39 is 12.1 Å². The third kappa shape index (κ3) is 7.06. The number of hydrogen-bond acceptors (Lipinski definition) is 4. The highest BCUT2D eigenvalue weighted by Gasteiger charge is 2.32. The second kappa shape index (κ2) is 14.0. The molecular formula is C39H44N2O4. The Kier molecular flexibility index (Phi) is 9.92. The van der Waals surface area contributed by atoms with E-state index in [0.717, 1.165) is 45.6 Å². The largest absolute Gasteiger partial charge is 0.488 e. The number of carbonyl (C=O) groups excluding carboxylic acids is 2. The van der Waals surface area contributed by atoms with Gasteiger partial charge in [-0.05, 0) is 71.7 Å². The first kappa shape index (κ1) is 31.8. The molecule has 0 radical (unpaired) electrons. The van der Waals surface area contributed by atoms with Crippen LogP contribution in [0.5, 0.6) is 5.75 Å². The fourth-order valence-electron chi connectivity index (χ4n) is 6.50. The number of hydrogen-bond donors (Lipinski definition) is 0. The van der Waals surface area contributed by atoms with Crippen LogP contribution < -0.4 is 4.74 Å². The molecule has 1 aliphatic rings. The Morgan fingerprint density at radius 1 is 0.800 bits per heavy atom. The molecule has 0 fully saturated rings. The molecule has 4 aromatic carbocycles. The highest BCUT2D eigenvalue weighted by molar-refractivity contribution is 5.85. The number of likely N-dealkylation sites (N-methyl/N-ethyl adjacent to an activating group) is 2. The van der Waals surface area contributed by atoms with Crippen molar-refractivity contribution in [3.8, 4) is 16.9 Å². The second-order valence-electron chi connectivity index (χ2n) is 12.3. The van der Waals surface area contributed by atoms with Gasteiger partial charge in [-0.15, -0.1) is 0 Å². The van der Waals surface area contributed by atoms with Gasteiger partial charge in [0.2, 0.25) is 5.91 Å². The predicted octanol–water partition coefficient (Wildman–Crippen LogP) is 8.20. The van der Waals surface area contributed by atoms with E-state index in [9.17, 15) is 9.59 Å². The van der Waals surface area contributed by atoms with Crippen molar-refractivity contribution in [3.63, 3.8) is 0 Å². The van der Waals surface area contributed by atoms with Crippen LogP contribution in [0, 0.1) is 20.8 Å². The van der Waals surface area contributed by atoms with Gasteiger partial charge in [-0.1, -0.05) is 104 Å². The van der Waals surface area contributed by atoms with Crippen LogP contribution >= 0.6 is 0 Å². The summed E-state index contributed by atoms with van der Waals surface area (Å²) in [6.07, 6.45) is 0.822. The van der Waals surface area contributed by atoms with Gasteiger partial charge in [-0.3, -0.25) is 9.69 Å². The van der Waals surface area contributed by atoms with Gasteiger partial charge >= 0.3 is 6.09 Å². The molecule has 0 unspecified atom stereocenters. The molecule has 0 aliphatic heterocycles. The van der Waals surface area contributed by atoms with Crippen LogP contribution in [-0.2, 0) is 22.7 Å². The van der Waals surface area contributed by atoms with Crippen molar-refractivity contribution in [3.05, 3.63) is 124 Å². The number of aryl methyl sites for hydroxylation is 3. The molecule has 0 saturated carbocycles. The zero-order valence-corrected chi connectivity index (χ0v) is 27.3. The minimum atomic E-state index is -0.616. The van der Waals surface area contributed by atoms with Crippen LogP contribution in [0.3, 0.4) is 0 Å². The van der Waals surface area contributed by atoms with Crippen LogP contribution in [0.25, 0.3) is 11.1 Å². The smallest absolute Gasteiger partial charge is 0.410 e. The number of amides is 2. The monoisotopic (exact) mass is 604 g/mol. The summed E-state index contributed by atoms with van der Waals surface area (Å²) in [6, 6.07) is 28.4. The van der Waals surface area contributed by atoms with Crippen molar-refractivity contribution in [2.75, 3.05) is 20.7 Å². The lowest BCUT2D eigenvalue weighted by Gasteiger charge is -2.30. The van der Waals surface area contributed by atoms with Crippen molar-refractivity contribution in [2.45, 2.75) is 65.6 Å². The number of benzene rings is 4. The number of carbonyl (C=O) groups is 2. The molecule has 6 nitrogen and oxygen atoms in total. The van der Waals surface area contributed by atoms with Crippen molar-refractivity contribution >= 4 is 12.0 Å². The average molecular weight is 605 g/mol. The Morgan fingerprint density at radius 3 is 2.02 bits per heavy atom. The summed E-state index contributed by atoms with van der Waals surface area (Å²) in [5, 5.41) is 0. The topological polar surface area (TPSA) is 59.1 Å². The summed E-state index contributed by atoms with van der Waals surface area (Å²) < 4.78 is 12.1. The Morgan fingerprint density at radius 2 is 1.42 bits per heavy atom. The molecule has 0 bridgehead atoms. The highest BCUT2D eigenvalue weighted by atomic mass is 16.6. The molecule has 234 valence electrons. The zero-order valence-electron chi connectivity index (χ0n) is 27.3. The van der Waals surface area contributed by atoms with Gasteiger partial charge < -0.3 is 14.4 Å². The van der Waals surface area contributed by atoms with Crippen LogP contribution in [0.15, 0.2) is 84.9 Å². The molecule has 0 spiro atoms. The van der Waals surface area contributed by atoms with Gasteiger partial charge in [0.15, 0.2) is 0 Å². The van der Waals surface area contributed by atoms with E-state index in [1.807, 2.05) is 51.1 Å². The van der Waals surface area contributed by atoms with Crippen molar-refractivity contribution < 1.29 is 19.1 Å². The molecule has 4 aromatic rings. The molecule has 0 heterocycles. The molecule has 0 saturated heterocycles. The van der Waals surface area contributed by atoms with E-state index in [1.165, 1.54) is 21.6 Å². The number of ether oxygens (including phenoxy) is 2. The minimum Gasteiger partial charge on any atom is -0.488 e. The molecule has 2 amide bonds. The zero-order chi connectivity index (χ0) is 32.1. The molecular weight excluding hydrogens is 560 g/mol. The van der Waals surface area contributed by atoms with Crippen LogP contribution in [-0.4, -0.2) is 48.5 Å². The first-order chi connectivity index (χ1) is 21.7. The Balaban J connectivity index is 1.22. The first-order valence-electron chi connectivity index (χ1n) is 15.8. The van der Waals surface area contributed by atoms with Gasteiger partial charge in [0.25, 0.3) is 0 Å². The minimum absolute atomic E-state index is 0.0343. The fraction of sp³-hybridized carbons (Fsp3) is 0.333. The fourth-order valence-corrected chi connectivity index (χ4v) is 6.50. The summed E-state index contributed by atoms with van der Waals surface area (Å²) in [5.41, 5.74) is 10.1. The molecule has 6 heteroatoms. The van der Waals surface area contributed by atoms with Crippen molar-refractivity contribution in [1.82, 2.24) is 9.80 Å². The van der Waals surface area contributed by atoms with E-state index in [2.05, 4.69) is 61.5 Å². The van der Waals surface area contributed by atoms with E-state index >= 15 is 0 Å². The lowest BCUT2D eigenvalue weighted by Crippen LogP contribution is -2.48. The van der Waals surface area contributed by atoms with E-state index in [4.69, 9.17) is 9.47 Å². The molecule has 45 heavy (non-hydrogen) atoms. The van der Waals surface area contributed by atoms with Gasteiger partial charge in [-0.25, -0.2) is 4.79 Å². The van der Waals surface area contributed by atoms with Crippen LogP contribution in [0.4, 0.5) is 4.79 Å². The quantitative estimate of drug-likeness (QED) is 0.173. The number of nitrogens with zero attached hydrogens (tertiary/aromatic N) is 2. The molecule has 0 N–H and O–H groups in total. The Labute approximate surface area is 267 Å².